The van der Waals surface area contributed by atoms with E-state index in [0.29, 0.717) is 28.7 Å². The van der Waals surface area contributed by atoms with Crippen LogP contribution in [0, 0.1) is 18.7 Å². The maximum Gasteiger partial charge on any atom is 0.264 e. The van der Waals surface area contributed by atoms with Gasteiger partial charge in [0.25, 0.3) is 10.0 Å². The lowest BCUT2D eigenvalue weighted by Gasteiger charge is -2.33. The highest BCUT2D eigenvalue weighted by molar-refractivity contribution is 9.10. The van der Waals surface area contributed by atoms with Gasteiger partial charge in [0.2, 0.25) is 11.8 Å². The lowest BCUT2D eigenvalue weighted by Crippen LogP contribution is -2.52. The van der Waals surface area contributed by atoms with E-state index in [2.05, 4.69) is 21.2 Å². The van der Waals surface area contributed by atoms with Crippen LogP contribution in [0.3, 0.4) is 0 Å². The summed E-state index contributed by atoms with van der Waals surface area (Å²) in [4.78, 5) is 28.6. The minimum Gasteiger partial charge on any atom is -0.354 e. The van der Waals surface area contributed by atoms with Crippen molar-refractivity contribution in [3.63, 3.8) is 0 Å². The molecule has 214 valence electrons. The molecule has 0 aliphatic heterocycles. The van der Waals surface area contributed by atoms with Crippen LogP contribution in [-0.2, 0) is 26.2 Å². The molecule has 3 aromatic rings. The molecule has 0 aliphatic rings. The van der Waals surface area contributed by atoms with Crippen molar-refractivity contribution in [1.29, 1.82) is 0 Å². The fourth-order valence-electron chi connectivity index (χ4n) is 4.13. The highest BCUT2D eigenvalue weighted by Gasteiger charge is 2.33. The SMILES string of the molecule is CCC(C(=O)NCC(C)C)N(Cc1ccc(F)cc1)C(=O)CN(c1cccc(Br)c1)S(=O)(=O)c1ccc(C)cc1. The first kappa shape index (κ1) is 31.3. The second-order valence-corrected chi connectivity index (χ2v) is 12.8. The number of aryl methyl sites for hydroxylation is 1. The van der Waals surface area contributed by atoms with E-state index in [9.17, 15) is 22.4 Å². The monoisotopic (exact) mass is 631 g/mol. The zero-order valence-electron chi connectivity index (χ0n) is 23.1. The number of hydrogen-bond acceptors (Lipinski definition) is 4. The topological polar surface area (TPSA) is 86.8 Å². The van der Waals surface area contributed by atoms with Crippen molar-refractivity contribution in [3.05, 3.63) is 94.2 Å². The molecule has 40 heavy (non-hydrogen) atoms. The molecular formula is C30H35BrFN3O4S. The Bertz CT molecular complexity index is 1410. The summed E-state index contributed by atoms with van der Waals surface area (Å²) in [5.41, 5.74) is 1.80. The third-order valence-electron chi connectivity index (χ3n) is 6.32. The van der Waals surface area contributed by atoms with E-state index < -0.39 is 34.3 Å². The molecule has 3 aromatic carbocycles. The van der Waals surface area contributed by atoms with Gasteiger partial charge in [0.15, 0.2) is 0 Å². The summed E-state index contributed by atoms with van der Waals surface area (Å²) >= 11 is 3.39. The number of halogens is 2. The van der Waals surface area contributed by atoms with Gasteiger partial charge < -0.3 is 10.2 Å². The van der Waals surface area contributed by atoms with Gasteiger partial charge in [-0.3, -0.25) is 13.9 Å². The summed E-state index contributed by atoms with van der Waals surface area (Å²) in [7, 11) is -4.15. The van der Waals surface area contributed by atoms with Crippen molar-refractivity contribution < 1.29 is 22.4 Å². The number of amides is 2. The lowest BCUT2D eigenvalue weighted by atomic mass is 10.1. The van der Waals surface area contributed by atoms with Gasteiger partial charge in [-0.15, -0.1) is 0 Å². The fourth-order valence-corrected chi connectivity index (χ4v) is 5.92. The predicted molar refractivity (Wildman–Crippen MR) is 159 cm³/mol. The first-order valence-electron chi connectivity index (χ1n) is 13.1. The van der Waals surface area contributed by atoms with Crippen LogP contribution in [0.1, 0.15) is 38.3 Å². The molecule has 0 fully saturated rings. The number of nitrogens with zero attached hydrogens (tertiary/aromatic N) is 2. The molecule has 0 aromatic heterocycles. The number of carbonyl (C=O) groups excluding carboxylic acids is 2. The van der Waals surface area contributed by atoms with Crippen LogP contribution in [0.5, 0.6) is 0 Å². The van der Waals surface area contributed by atoms with E-state index in [4.69, 9.17) is 0 Å². The molecule has 1 unspecified atom stereocenters. The standard InChI is InChI=1S/C30H35BrFN3O4S/c1-5-28(30(37)33-18-21(2)3)34(19-23-11-13-25(32)14-12-23)29(36)20-35(26-8-6-7-24(31)17-26)40(38,39)27-15-9-22(4)10-16-27/h6-17,21,28H,5,18-20H2,1-4H3,(H,33,37). The molecule has 0 saturated carbocycles. The number of nitrogens with one attached hydrogen (secondary N) is 1. The third kappa shape index (κ3) is 8.14. The lowest BCUT2D eigenvalue weighted by molar-refractivity contribution is -0.140. The average Bonchev–Trinajstić information content (AvgIpc) is 2.91. The molecule has 0 bridgehead atoms. The van der Waals surface area contributed by atoms with Gasteiger partial charge in [-0.1, -0.05) is 72.6 Å². The summed E-state index contributed by atoms with van der Waals surface area (Å²) in [6.07, 6.45) is 0.304. The quantitative estimate of drug-likeness (QED) is 0.279. The first-order valence-corrected chi connectivity index (χ1v) is 15.3. The second-order valence-electron chi connectivity index (χ2n) is 10.0. The van der Waals surface area contributed by atoms with Crippen LogP contribution >= 0.6 is 15.9 Å². The predicted octanol–water partition coefficient (Wildman–Crippen LogP) is 5.67. The van der Waals surface area contributed by atoms with Gasteiger partial charge in [-0.2, -0.15) is 0 Å². The van der Waals surface area contributed by atoms with Gasteiger partial charge in [0, 0.05) is 17.6 Å². The molecule has 7 nitrogen and oxygen atoms in total. The van der Waals surface area contributed by atoms with Gasteiger partial charge in [-0.25, -0.2) is 12.8 Å². The highest BCUT2D eigenvalue weighted by atomic mass is 79.9. The van der Waals surface area contributed by atoms with Crippen LogP contribution < -0.4 is 9.62 Å². The van der Waals surface area contributed by atoms with E-state index in [1.165, 1.54) is 29.2 Å². The van der Waals surface area contributed by atoms with Crippen molar-refractivity contribution in [2.24, 2.45) is 5.92 Å². The van der Waals surface area contributed by atoms with Crippen LogP contribution in [-0.4, -0.2) is 44.3 Å². The van der Waals surface area contributed by atoms with E-state index >= 15 is 0 Å². The second kappa shape index (κ2) is 13.9. The molecule has 1 N–H and O–H groups in total. The summed E-state index contributed by atoms with van der Waals surface area (Å²) in [5, 5.41) is 2.89. The maximum atomic E-state index is 14.0. The molecular weight excluding hydrogens is 597 g/mol. The van der Waals surface area contributed by atoms with E-state index in [1.807, 2.05) is 20.8 Å². The summed E-state index contributed by atoms with van der Waals surface area (Å²) in [6.45, 7) is 7.47. The highest BCUT2D eigenvalue weighted by Crippen LogP contribution is 2.27. The molecule has 1 atom stereocenters. The number of rotatable bonds is 12. The maximum absolute atomic E-state index is 14.0. The molecule has 0 heterocycles. The molecule has 0 saturated heterocycles. The van der Waals surface area contributed by atoms with Crippen molar-refractivity contribution in [2.45, 2.75) is 51.6 Å². The molecule has 2 amide bonds. The van der Waals surface area contributed by atoms with Crippen LogP contribution in [0.25, 0.3) is 0 Å². The van der Waals surface area contributed by atoms with E-state index in [-0.39, 0.29) is 23.3 Å². The number of carbonyl (C=O) groups is 2. The third-order valence-corrected chi connectivity index (χ3v) is 8.60. The van der Waals surface area contributed by atoms with Gasteiger partial charge >= 0.3 is 0 Å². The first-order chi connectivity index (χ1) is 18.9. The van der Waals surface area contributed by atoms with Crippen molar-refractivity contribution >= 4 is 43.5 Å². The number of benzene rings is 3. The summed E-state index contributed by atoms with van der Waals surface area (Å²) in [6, 6.07) is 17.9. The molecule has 0 spiro atoms. The smallest absolute Gasteiger partial charge is 0.264 e. The van der Waals surface area contributed by atoms with Crippen LogP contribution in [0.15, 0.2) is 82.2 Å². The molecule has 10 heteroatoms. The Hall–Kier alpha value is -3.24. The Morgan fingerprint density at radius 3 is 2.23 bits per heavy atom. The van der Waals surface area contributed by atoms with Gasteiger partial charge in [-0.05, 0) is 67.3 Å². The van der Waals surface area contributed by atoms with Gasteiger partial charge in [0.1, 0.15) is 18.4 Å². The molecule has 0 radical (unpaired) electrons. The van der Waals surface area contributed by atoms with E-state index in [0.717, 1.165) is 9.87 Å². The Balaban J connectivity index is 2.04. The van der Waals surface area contributed by atoms with Gasteiger partial charge in [0.05, 0.1) is 10.6 Å². The number of sulfonamides is 1. The average molecular weight is 633 g/mol. The molecule has 0 aliphatic carbocycles. The minimum atomic E-state index is -4.15. The summed E-state index contributed by atoms with van der Waals surface area (Å²) < 4.78 is 43.1. The Morgan fingerprint density at radius 2 is 1.65 bits per heavy atom. The Labute approximate surface area is 244 Å². The Kier molecular flexibility index (Phi) is 10.9. The molecule has 3 rings (SSSR count). The zero-order chi connectivity index (χ0) is 29.4. The van der Waals surface area contributed by atoms with Crippen LogP contribution in [0.4, 0.5) is 10.1 Å². The van der Waals surface area contributed by atoms with Crippen molar-refractivity contribution in [1.82, 2.24) is 10.2 Å². The Morgan fingerprint density at radius 1 is 1.00 bits per heavy atom. The summed E-state index contributed by atoms with van der Waals surface area (Å²) in [5.74, 6) is -1.11. The van der Waals surface area contributed by atoms with Crippen molar-refractivity contribution in [3.8, 4) is 0 Å². The number of hydrogen-bond donors (Lipinski definition) is 1. The van der Waals surface area contributed by atoms with Crippen LogP contribution in [0.2, 0.25) is 0 Å². The zero-order valence-corrected chi connectivity index (χ0v) is 25.5. The van der Waals surface area contributed by atoms with Crippen molar-refractivity contribution in [2.75, 3.05) is 17.4 Å². The largest absolute Gasteiger partial charge is 0.354 e. The fraction of sp³-hybridized carbons (Fsp3) is 0.333. The minimum absolute atomic E-state index is 0.00359. The normalized spacial score (nSPS) is 12.2. The van der Waals surface area contributed by atoms with E-state index in [1.54, 1.807) is 55.5 Å². The number of anilines is 1.